The lowest BCUT2D eigenvalue weighted by atomic mass is 10.1. The highest BCUT2D eigenvalue weighted by molar-refractivity contribution is 5.94. The Balaban J connectivity index is 1.75. The molecular weight excluding hydrogens is 278 g/mol. The van der Waals surface area contributed by atoms with E-state index in [0.29, 0.717) is 19.6 Å². The Labute approximate surface area is 130 Å². The van der Waals surface area contributed by atoms with E-state index in [9.17, 15) is 4.79 Å². The monoisotopic (exact) mass is 299 g/mol. The van der Waals surface area contributed by atoms with Crippen LogP contribution in [0.25, 0.3) is 0 Å². The van der Waals surface area contributed by atoms with Crippen molar-refractivity contribution in [2.45, 2.75) is 32.6 Å². The van der Waals surface area contributed by atoms with Crippen molar-refractivity contribution < 1.29 is 9.53 Å². The second-order valence-corrected chi connectivity index (χ2v) is 5.87. The summed E-state index contributed by atoms with van der Waals surface area (Å²) in [6, 6.07) is 9.67. The average Bonchev–Trinajstić information content (AvgIpc) is 2.98. The number of benzene rings is 1. The second-order valence-electron chi connectivity index (χ2n) is 5.87. The van der Waals surface area contributed by atoms with Gasteiger partial charge in [0.2, 0.25) is 0 Å². The summed E-state index contributed by atoms with van der Waals surface area (Å²) in [5.74, 6) is 0.0734. The first kappa shape index (κ1) is 14.8. The van der Waals surface area contributed by atoms with E-state index in [1.807, 2.05) is 60.0 Å². The molecule has 5 heteroatoms. The smallest absolute Gasteiger partial charge is 0.254 e. The van der Waals surface area contributed by atoms with E-state index in [4.69, 9.17) is 4.74 Å². The molecule has 2 atom stereocenters. The highest BCUT2D eigenvalue weighted by Crippen LogP contribution is 2.15. The SMILES string of the molecule is C[C@@H]1CN(C(=O)c2cccc(Cn3cccn3)c2)C[C@H](C)O1. The average molecular weight is 299 g/mol. The molecule has 22 heavy (non-hydrogen) atoms. The Morgan fingerprint density at radius 3 is 2.73 bits per heavy atom. The molecular formula is C17H21N3O2. The molecule has 116 valence electrons. The number of carbonyl (C=O) groups is 1. The zero-order valence-electron chi connectivity index (χ0n) is 13.0. The molecule has 0 aliphatic carbocycles. The predicted octanol–water partition coefficient (Wildman–Crippen LogP) is 2.18. The van der Waals surface area contributed by atoms with Gasteiger partial charge in [0.25, 0.3) is 5.91 Å². The lowest BCUT2D eigenvalue weighted by Crippen LogP contribution is -2.48. The number of aromatic nitrogens is 2. The fourth-order valence-electron chi connectivity index (χ4n) is 2.91. The Hall–Kier alpha value is -2.14. The van der Waals surface area contributed by atoms with Gasteiger partial charge in [-0.25, -0.2) is 0 Å². The van der Waals surface area contributed by atoms with Gasteiger partial charge in [-0.2, -0.15) is 5.10 Å². The number of carbonyl (C=O) groups excluding carboxylic acids is 1. The summed E-state index contributed by atoms with van der Waals surface area (Å²) in [4.78, 5) is 14.6. The van der Waals surface area contributed by atoms with Crippen molar-refractivity contribution in [1.29, 1.82) is 0 Å². The third-order valence-corrected chi connectivity index (χ3v) is 3.78. The quantitative estimate of drug-likeness (QED) is 0.873. The first-order valence-electron chi connectivity index (χ1n) is 7.63. The fourth-order valence-corrected chi connectivity index (χ4v) is 2.91. The van der Waals surface area contributed by atoms with E-state index in [0.717, 1.165) is 11.1 Å². The van der Waals surface area contributed by atoms with Crippen molar-refractivity contribution in [2.75, 3.05) is 13.1 Å². The Morgan fingerprint density at radius 2 is 2.05 bits per heavy atom. The first-order valence-corrected chi connectivity index (χ1v) is 7.63. The summed E-state index contributed by atoms with van der Waals surface area (Å²) in [7, 11) is 0. The van der Waals surface area contributed by atoms with Crippen molar-refractivity contribution in [1.82, 2.24) is 14.7 Å². The second kappa shape index (κ2) is 6.32. The third kappa shape index (κ3) is 3.36. The van der Waals surface area contributed by atoms with Crippen molar-refractivity contribution in [3.63, 3.8) is 0 Å². The van der Waals surface area contributed by atoms with Crippen LogP contribution in [0.5, 0.6) is 0 Å². The number of nitrogens with zero attached hydrogens (tertiary/aromatic N) is 3. The molecule has 3 rings (SSSR count). The minimum absolute atomic E-state index is 0.0734. The number of ether oxygens (including phenoxy) is 1. The fraction of sp³-hybridized carbons (Fsp3) is 0.412. The van der Waals surface area contributed by atoms with Gasteiger partial charge in [0.1, 0.15) is 0 Å². The van der Waals surface area contributed by atoms with Crippen LogP contribution in [0, 0.1) is 0 Å². The Morgan fingerprint density at radius 1 is 1.27 bits per heavy atom. The first-order chi connectivity index (χ1) is 10.6. The highest BCUT2D eigenvalue weighted by atomic mass is 16.5. The lowest BCUT2D eigenvalue weighted by molar-refractivity contribution is -0.0586. The zero-order chi connectivity index (χ0) is 15.5. The van der Waals surface area contributed by atoms with E-state index >= 15 is 0 Å². The summed E-state index contributed by atoms with van der Waals surface area (Å²) in [5.41, 5.74) is 1.80. The number of morpholine rings is 1. The molecule has 0 radical (unpaired) electrons. The molecule has 0 spiro atoms. The summed E-state index contributed by atoms with van der Waals surface area (Å²) in [6.45, 7) is 5.97. The molecule has 5 nitrogen and oxygen atoms in total. The van der Waals surface area contributed by atoms with Crippen LogP contribution in [0.15, 0.2) is 42.7 Å². The van der Waals surface area contributed by atoms with Crippen molar-refractivity contribution in [2.24, 2.45) is 0 Å². The van der Waals surface area contributed by atoms with Crippen molar-refractivity contribution in [3.8, 4) is 0 Å². The Bertz CT molecular complexity index is 629. The standard InChI is InChI=1S/C17H21N3O2/c1-13-10-19(11-14(2)22-13)17(21)16-6-3-5-15(9-16)12-20-8-4-7-18-20/h3-9,13-14H,10-12H2,1-2H3/t13-,14+. The molecule has 0 unspecified atom stereocenters. The molecule has 1 aliphatic rings. The summed E-state index contributed by atoms with van der Waals surface area (Å²) < 4.78 is 7.54. The number of rotatable bonds is 3. The van der Waals surface area contributed by atoms with Crippen molar-refractivity contribution >= 4 is 5.91 Å². The van der Waals surface area contributed by atoms with E-state index < -0.39 is 0 Å². The largest absolute Gasteiger partial charge is 0.372 e. The number of hydrogen-bond donors (Lipinski definition) is 0. The normalized spacial score (nSPS) is 21.8. The van der Waals surface area contributed by atoms with Gasteiger partial charge in [0, 0.05) is 31.0 Å². The highest BCUT2D eigenvalue weighted by Gasteiger charge is 2.26. The molecule has 1 aromatic carbocycles. The van der Waals surface area contributed by atoms with Crippen LogP contribution in [0.2, 0.25) is 0 Å². The number of amides is 1. The summed E-state index contributed by atoms with van der Waals surface area (Å²) in [6.07, 6.45) is 3.84. The maximum Gasteiger partial charge on any atom is 0.254 e. The van der Waals surface area contributed by atoms with Gasteiger partial charge in [-0.3, -0.25) is 9.48 Å². The minimum Gasteiger partial charge on any atom is -0.372 e. The summed E-state index contributed by atoms with van der Waals surface area (Å²) >= 11 is 0. The lowest BCUT2D eigenvalue weighted by Gasteiger charge is -2.35. The third-order valence-electron chi connectivity index (χ3n) is 3.78. The molecule has 1 saturated heterocycles. The topological polar surface area (TPSA) is 47.4 Å². The van der Waals surface area contributed by atoms with Gasteiger partial charge in [-0.1, -0.05) is 12.1 Å². The molecule has 0 N–H and O–H groups in total. The molecule has 1 aromatic heterocycles. The van der Waals surface area contributed by atoms with Crippen LogP contribution in [0.1, 0.15) is 29.8 Å². The van der Waals surface area contributed by atoms with E-state index in [1.165, 1.54) is 0 Å². The predicted molar refractivity (Wildman–Crippen MR) is 83.7 cm³/mol. The Kier molecular flexibility index (Phi) is 4.24. The van der Waals surface area contributed by atoms with Crippen LogP contribution in [0.3, 0.4) is 0 Å². The zero-order valence-corrected chi connectivity index (χ0v) is 13.0. The summed E-state index contributed by atoms with van der Waals surface area (Å²) in [5, 5.41) is 4.20. The molecule has 0 bridgehead atoms. The van der Waals surface area contributed by atoms with E-state index in [1.54, 1.807) is 6.20 Å². The molecule has 1 amide bonds. The molecule has 2 heterocycles. The van der Waals surface area contributed by atoms with Gasteiger partial charge in [-0.15, -0.1) is 0 Å². The van der Waals surface area contributed by atoms with Gasteiger partial charge in [-0.05, 0) is 37.6 Å². The maximum atomic E-state index is 12.7. The van der Waals surface area contributed by atoms with Crippen LogP contribution in [-0.4, -0.2) is 45.9 Å². The van der Waals surface area contributed by atoms with Gasteiger partial charge in [0.15, 0.2) is 0 Å². The molecule has 1 fully saturated rings. The van der Waals surface area contributed by atoms with Gasteiger partial charge in [0.05, 0.1) is 18.8 Å². The molecule has 0 saturated carbocycles. The van der Waals surface area contributed by atoms with Crippen LogP contribution in [0.4, 0.5) is 0 Å². The molecule has 2 aromatic rings. The number of hydrogen-bond acceptors (Lipinski definition) is 3. The van der Waals surface area contributed by atoms with Crippen LogP contribution in [-0.2, 0) is 11.3 Å². The maximum absolute atomic E-state index is 12.7. The van der Waals surface area contributed by atoms with E-state index in [-0.39, 0.29) is 18.1 Å². The van der Waals surface area contributed by atoms with E-state index in [2.05, 4.69) is 5.10 Å². The van der Waals surface area contributed by atoms with Gasteiger partial charge >= 0.3 is 0 Å². The van der Waals surface area contributed by atoms with Crippen LogP contribution < -0.4 is 0 Å². The van der Waals surface area contributed by atoms with Crippen LogP contribution >= 0.6 is 0 Å². The minimum atomic E-state index is 0.0734. The van der Waals surface area contributed by atoms with Crippen molar-refractivity contribution in [3.05, 3.63) is 53.9 Å². The van der Waals surface area contributed by atoms with Gasteiger partial charge < -0.3 is 9.64 Å². The molecule has 1 aliphatic heterocycles.